The molecule has 0 bridgehead atoms. The van der Waals surface area contributed by atoms with Crippen LogP contribution in [0.25, 0.3) is 6.08 Å². The molecule has 0 spiro atoms. The van der Waals surface area contributed by atoms with Gasteiger partial charge in [0.15, 0.2) is 0 Å². The molecule has 1 aliphatic rings. The van der Waals surface area contributed by atoms with Gasteiger partial charge < -0.3 is 25.2 Å². The van der Waals surface area contributed by atoms with E-state index in [1.165, 1.54) is 18.2 Å². The monoisotopic (exact) mass is 492 g/mol. The molecule has 2 aromatic rings. The lowest BCUT2D eigenvalue weighted by Crippen LogP contribution is -2.36. The zero-order chi connectivity index (χ0) is 25.3. The summed E-state index contributed by atoms with van der Waals surface area (Å²) >= 11 is 0. The number of para-hydroxylation sites is 1. The van der Waals surface area contributed by atoms with E-state index in [4.69, 9.17) is 9.84 Å². The third kappa shape index (κ3) is 8.32. The highest BCUT2D eigenvalue weighted by molar-refractivity contribution is 6.06. The van der Waals surface area contributed by atoms with E-state index in [-0.39, 0.29) is 24.4 Å². The Balaban J connectivity index is 1.78. The zero-order valence-electron chi connectivity index (χ0n) is 18.9. The lowest BCUT2D eigenvalue weighted by atomic mass is 10.1. The largest absolute Gasteiger partial charge is 0.573 e. The topological polar surface area (TPSA) is 96.9 Å². The first-order valence-electron chi connectivity index (χ1n) is 11.2. The Kier molecular flexibility index (Phi) is 9.13. The van der Waals surface area contributed by atoms with Gasteiger partial charge in [-0.15, -0.1) is 13.2 Å². The summed E-state index contributed by atoms with van der Waals surface area (Å²) in [6.45, 7) is 0.135. The second-order valence-electron chi connectivity index (χ2n) is 8.07. The Morgan fingerprint density at radius 1 is 1.06 bits per heavy atom. The lowest BCUT2D eigenvalue weighted by Gasteiger charge is -2.15. The standard InChI is InChI=1S/C25H27F3N2O5/c26-25(27,28)35-19-11-9-17(10-12-19)15-21(24(33)29-13-14-31)30-23(32)20-7-3-4-8-22(20)34-16-18-5-1-2-6-18/h3-4,7-12,15,18,31H,1-2,5-6,13-14,16H2,(H,29,33)(H,30,32)/b21-15-. The van der Waals surface area contributed by atoms with Crippen LogP contribution in [0.5, 0.6) is 11.5 Å². The van der Waals surface area contributed by atoms with Gasteiger partial charge in [0.05, 0.1) is 18.8 Å². The number of benzene rings is 2. The summed E-state index contributed by atoms with van der Waals surface area (Å²) in [6, 6.07) is 11.5. The fourth-order valence-electron chi connectivity index (χ4n) is 3.71. The number of aliphatic hydroxyl groups is 1. The molecule has 0 saturated heterocycles. The molecule has 10 heteroatoms. The number of rotatable bonds is 10. The third-order valence-corrected chi connectivity index (χ3v) is 5.40. The normalized spacial score (nSPS) is 14.5. The molecule has 0 radical (unpaired) electrons. The van der Waals surface area contributed by atoms with Crippen LogP contribution in [-0.4, -0.2) is 43.0 Å². The van der Waals surface area contributed by atoms with Crippen molar-refractivity contribution in [3.8, 4) is 11.5 Å². The molecule has 2 aromatic carbocycles. The summed E-state index contributed by atoms with van der Waals surface area (Å²) in [4.78, 5) is 25.6. The van der Waals surface area contributed by atoms with Gasteiger partial charge in [0.1, 0.15) is 17.2 Å². The van der Waals surface area contributed by atoms with E-state index >= 15 is 0 Å². The van der Waals surface area contributed by atoms with Crippen LogP contribution in [0, 0.1) is 5.92 Å². The van der Waals surface area contributed by atoms with Crippen molar-refractivity contribution in [2.24, 2.45) is 5.92 Å². The molecule has 1 saturated carbocycles. The number of alkyl halides is 3. The molecule has 7 nitrogen and oxygen atoms in total. The Morgan fingerprint density at radius 3 is 2.40 bits per heavy atom. The maximum absolute atomic E-state index is 13.0. The summed E-state index contributed by atoms with van der Waals surface area (Å²) in [5, 5.41) is 14.0. The molecule has 35 heavy (non-hydrogen) atoms. The quantitative estimate of drug-likeness (QED) is 0.435. The minimum atomic E-state index is -4.83. The number of nitrogens with one attached hydrogen (secondary N) is 2. The predicted octanol–water partition coefficient (Wildman–Crippen LogP) is 4.03. The second-order valence-corrected chi connectivity index (χ2v) is 8.07. The van der Waals surface area contributed by atoms with Gasteiger partial charge >= 0.3 is 6.36 Å². The van der Waals surface area contributed by atoms with Crippen LogP contribution in [0.1, 0.15) is 41.6 Å². The molecule has 0 atom stereocenters. The number of halogens is 3. The molecular formula is C25H27F3N2O5. The van der Waals surface area contributed by atoms with Gasteiger partial charge in [0.2, 0.25) is 0 Å². The van der Waals surface area contributed by atoms with Crippen LogP contribution in [0.15, 0.2) is 54.2 Å². The number of hydrogen-bond donors (Lipinski definition) is 3. The highest BCUT2D eigenvalue weighted by Gasteiger charge is 2.31. The van der Waals surface area contributed by atoms with Crippen molar-refractivity contribution in [3.63, 3.8) is 0 Å². The molecule has 0 unspecified atom stereocenters. The molecule has 1 aliphatic carbocycles. The van der Waals surface area contributed by atoms with Gasteiger partial charge in [-0.3, -0.25) is 9.59 Å². The van der Waals surface area contributed by atoms with E-state index in [9.17, 15) is 22.8 Å². The van der Waals surface area contributed by atoms with Crippen LogP contribution >= 0.6 is 0 Å². The molecule has 2 amide bonds. The molecule has 0 aliphatic heterocycles. The highest BCUT2D eigenvalue weighted by Crippen LogP contribution is 2.27. The van der Waals surface area contributed by atoms with E-state index in [1.54, 1.807) is 24.3 Å². The van der Waals surface area contributed by atoms with Gasteiger partial charge in [-0.25, -0.2) is 0 Å². The summed E-state index contributed by atoms with van der Waals surface area (Å²) in [5.74, 6) is -0.851. The van der Waals surface area contributed by atoms with Gasteiger partial charge in [-0.1, -0.05) is 37.1 Å². The molecule has 188 valence electrons. The average molecular weight is 492 g/mol. The van der Waals surface area contributed by atoms with Crippen molar-refractivity contribution in [2.45, 2.75) is 32.0 Å². The Bertz CT molecular complexity index is 1030. The van der Waals surface area contributed by atoms with Crippen LogP contribution in [0.2, 0.25) is 0 Å². The minimum absolute atomic E-state index is 0.0501. The minimum Gasteiger partial charge on any atom is -0.492 e. The molecule has 3 rings (SSSR count). The molecule has 0 aromatic heterocycles. The number of carbonyl (C=O) groups excluding carboxylic acids is 2. The van der Waals surface area contributed by atoms with Crippen LogP contribution < -0.4 is 20.1 Å². The van der Waals surface area contributed by atoms with Gasteiger partial charge in [-0.05, 0) is 54.7 Å². The summed E-state index contributed by atoms with van der Waals surface area (Å²) in [7, 11) is 0. The summed E-state index contributed by atoms with van der Waals surface area (Å²) in [5.41, 5.74) is 0.429. The molecular weight excluding hydrogens is 465 g/mol. The summed E-state index contributed by atoms with van der Waals surface area (Å²) < 4.78 is 46.9. The van der Waals surface area contributed by atoms with E-state index in [0.29, 0.717) is 23.8 Å². The number of aliphatic hydroxyl groups excluding tert-OH is 1. The van der Waals surface area contributed by atoms with Crippen molar-refractivity contribution >= 4 is 17.9 Å². The van der Waals surface area contributed by atoms with Crippen LogP contribution in [0.4, 0.5) is 13.2 Å². The Morgan fingerprint density at radius 2 is 1.74 bits per heavy atom. The van der Waals surface area contributed by atoms with Crippen molar-refractivity contribution in [3.05, 3.63) is 65.4 Å². The smallest absolute Gasteiger partial charge is 0.492 e. The average Bonchev–Trinajstić information content (AvgIpc) is 3.35. The van der Waals surface area contributed by atoms with Crippen LogP contribution in [-0.2, 0) is 4.79 Å². The number of amides is 2. The first kappa shape index (κ1) is 26.1. The van der Waals surface area contributed by atoms with E-state index < -0.39 is 23.9 Å². The van der Waals surface area contributed by atoms with E-state index in [2.05, 4.69) is 15.4 Å². The van der Waals surface area contributed by atoms with Gasteiger partial charge in [0.25, 0.3) is 11.8 Å². The first-order chi connectivity index (χ1) is 16.7. The molecule has 3 N–H and O–H groups in total. The van der Waals surface area contributed by atoms with Gasteiger partial charge in [-0.2, -0.15) is 0 Å². The van der Waals surface area contributed by atoms with Crippen molar-refractivity contribution in [1.29, 1.82) is 0 Å². The maximum Gasteiger partial charge on any atom is 0.573 e. The highest BCUT2D eigenvalue weighted by atomic mass is 19.4. The zero-order valence-corrected chi connectivity index (χ0v) is 18.9. The first-order valence-corrected chi connectivity index (χ1v) is 11.2. The summed E-state index contributed by atoms with van der Waals surface area (Å²) in [6.07, 6.45) is 0.975. The predicted molar refractivity (Wildman–Crippen MR) is 123 cm³/mol. The SMILES string of the molecule is O=C(NCCO)/C(=C/c1ccc(OC(F)(F)F)cc1)NC(=O)c1ccccc1OCC1CCCC1. The van der Waals surface area contributed by atoms with Crippen molar-refractivity contribution in [2.75, 3.05) is 19.8 Å². The third-order valence-electron chi connectivity index (χ3n) is 5.40. The second kappa shape index (κ2) is 12.3. The van der Waals surface area contributed by atoms with Crippen molar-refractivity contribution in [1.82, 2.24) is 10.6 Å². The molecule has 1 fully saturated rings. The van der Waals surface area contributed by atoms with Crippen molar-refractivity contribution < 1.29 is 37.3 Å². The Hall–Kier alpha value is -3.53. The fraction of sp³-hybridized carbons (Fsp3) is 0.360. The number of carbonyl (C=O) groups is 2. The van der Waals surface area contributed by atoms with E-state index in [0.717, 1.165) is 37.8 Å². The fourth-order valence-corrected chi connectivity index (χ4v) is 3.71. The lowest BCUT2D eigenvalue weighted by molar-refractivity contribution is -0.274. The molecule has 0 heterocycles. The Labute approximate surface area is 200 Å². The van der Waals surface area contributed by atoms with Crippen LogP contribution in [0.3, 0.4) is 0 Å². The van der Waals surface area contributed by atoms with E-state index in [1.807, 2.05) is 0 Å². The number of hydrogen-bond acceptors (Lipinski definition) is 5. The van der Waals surface area contributed by atoms with Gasteiger partial charge in [0, 0.05) is 6.54 Å². The maximum atomic E-state index is 13.0. The number of ether oxygens (including phenoxy) is 2.